The van der Waals surface area contributed by atoms with E-state index >= 15 is 0 Å². The van der Waals surface area contributed by atoms with E-state index in [2.05, 4.69) is 22.4 Å². The monoisotopic (exact) mass is 295 g/mol. The molecule has 1 heterocycles. The van der Waals surface area contributed by atoms with Crippen LogP contribution in [0.25, 0.3) is 11.4 Å². The molecule has 20 heavy (non-hydrogen) atoms. The van der Waals surface area contributed by atoms with Crippen LogP contribution >= 0.6 is 11.6 Å². The van der Waals surface area contributed by atoms with Gasteiger partial charge in [0.15, 0.2) is 5.82 Å². The smallest absolute Gasteiger partial charge is 0.183 e. The van der Waals surface area contributed by atoms with Crippen LogP contribution in [0, 0.1) is 0 Å². The number of halogens is 1. The lowest BCUT2D eigenvalue weighted by Gasteiger charge is -2.17. The molecule has 0 spiro atoms. The SMILES string of the molecule is CCCC(COC)n1nnnc1-c1ccc(N)cc1Cl. The molecule has 6 nitrogen and oxygen atoms in total. The summed E-state index contributed by atoms with van der Waals surface area (Å²) in [7, 11) is 1.67. The van der Waals surface area contributed by atoms with E-state index in [1.165, 1.54) is 0 Å². The highest BCUT2D eigenvalue weighted by atomic mass is 35.5. The van der Waals surface area contributed by atoms with E-state index in [1.807, 2.05) is 6.07 Å². The van der Waals surface area contributed by atoms with Gasteiger partial charge in [-0.2, -0.15) is 0 Å². The first kappa shape index (κ1) is 14.7. The number of tetrazole rings is 1. The summed E-state index contributed by atoms with van der Waals surface area (Å²) in [6.07, 6.45) is 1.95. The van der Waals surface area contributed by atoms with Crippen LogP contribution in [0.4, 0.5) is 5.69 Å². The highest BCUT2D eigenvalue weighted by molar-refractivity contribution is 6.33. The number of nitrogens with two attached hydrogens (primary N) is 1. The summed E-state index contributed by atoms with van der Waals surface area (Å²) in [6.45, 7) is 2.67. The third kappa shape index (κ3) is 3.08. The van der Waals surface area contributed by atoms with Crippen LogP contribution < -0.4 is 5.73 Å². The molecular formula is C13H18ClN5O. The number of hydrogen-bond donors (Lipinski definition) is 1. The van der Waals surface area contributed by atoms with Gasteiger partial charge in [-0.1, -0.05) is 24.9 Å². The van der Waals surface area contributed by atoms with E-state index in [0.717, 1.165) is 18.4 Å². The van der Waals surface area contributed by atoms with Crippen molar-refractivity contribution >= 4 is 17.3 Å². The Morgan fingerprint density at radius 3 is 2.90 bits per heavy atom. The summed E-state index contributed by atoms with van der Waals surface area (Å²) >= 11 is 6.23. The van der Waals surface area contributed by atoms with Crippen LogP contribution in [0.5, 0.6) is 0 Å². The first-order chi connectivity index (χ1) is 9.67. The summed E-state index contributed by atoms with van der Waals surface area (Å²) in [6, 6.07) is 5.39. The maximum Gasteiger partial charge on any atom is 0.183 e. The number of rotatable bonds is 6. The lowest BCUT2D eigenvalue weighted by molar-refractivity contribution is 0.144. The minimum Gasteiger partial charge on any atom is -0.399 e. The van der Waals surface area contributed by atoms with Crippen molar-refractivity contribution in [2.24, 2.45) is 0 Å². The highest BCUT2D eigenvalue weighted by Crippen LogP contribution is 2.29. The van der Waals surface area contributed by atoms with E-state index in [0.29, 0.717) is 23.1 Å². The summed E-state index contributed by atoms with van der Waals surface area (Å²) in [5, 5.41) is 12.5. The number of methoxy groups -OCH3 is 1. The second kappa shape index (κ2) is 6.67. The first-order valence-electron chi connectivity index (χ1n) is 6.49. The molecule has 0 saturated heterocycles. The zero-order valence-corrected chi connectivity index (χ0v) is 12.3. The standard InChI is InChI=1S/C13H18ClN5O/c1-3-4-10(8-20-2)19-13(16-17-18-19)11-6-5-9(15)7-12(11)14/h5-7,10H,3-4,8,15H2,1-2H3. The highest BCUT2D eigenvalue weighted by Gasteiger charge is 2.19. The predicted octanol–water partition coefficient (Wildman–Crippen LogP) is 2.56. The van der Waals surface area contributed by atoms with Crippen LogP contribution in [-0.4, -0.2) is 33.9 Å². The Balaban J connectivity index is 2.40. The van der Waals surface area contributed by atoms with Gasteiger partial charge in [-0.25, -0.2) is 4.68 Å². The van der Waals surface area contributed by atoms with E-state index in [4.69, 9.17) is 22.1 Å². The van der Waals surface area contributed by atoms with Gasteiger partial charge in [0.25, 0.3) is 0 Å². The van der Waals surface area contributed by atoms with Gasteiger partial charge >= 0.3 is 0 Å². The molecule has 0 aliphatic heterocycles. The molecule has 0 radical (unpaired) electrons. The number of nitrogens with zero attached hydrogens (tertiary/aromatic N) is 4. The summed E-state index contributed by atoms with van der Waals surface area (Å²) in [4.78, 5) is 0. The third-order valence-corrected chi connectivity index (χ3v) is 3.37. The summed E-state index contributed by atoms with van der Waals surface area (Å²) < 4.78 is 7.02. The van der Waals surface area contributed by atoms with Gasteiger partial charge in [0.1, 0.15) is 0 Å². The van der Waals surface area contributed by atoms with E-state index in [1.54, 1.807) is 23.9 Å². The Bertz CT molecular complexity index is 566. The van der Waals surface area contributed by atoms with Crippen LogP contribution in [0.15, 0.2) is 18.2 Å². The van der Waals surface area contributed by atoms with Gasteiger partial charge in [-0.15, -0.1) is 5.10 Å². The van der Waals surface area contributed by atoms with Crippen molar-refractivity contribution in [3.8, 4) is 11.4 Å². The van der Waals surface area contributed by atoms with Crippen molar-refractivity contribution < 1.29 is 4.74 Å². The molecule has 0 amide bonds. The molecule has 108 valence electrons. The lowest BCUT2D eigenvalue weighted by atomic mass is 10.1. The largest absolute Gasteiger partial charge is 0.399 e. The van der Waals surface area contributed by atoms with E-state index < -0.39 is 0 Å². The second-order valence-corrected chi connectivity index (χ2v) is 4.99. The van der Waals surface area contributed by atoms with Crippen LogP contribution in [0.1, 0.15) is 25.8 Å². The average molecular weight is 296 g/mol. The predicted molar refractivity (Wildman–Crippen MR) is 78.5 cm³/mol. The van der Waals surface area contributed by atoms with Crippen molar-refractivity contribution in [1.29, 1.82) is 0 Å². The number of anilines is 1. The van der Waals surface area contributed by atoms with E-state index in [9.17, 15) is 0 Å². The molecule has 2 aromatic rings. The topological polar surface area (TPSA) is 78.8 Å². The fourth-order valence-corrected chi connectivity index (χ4v) is 2.40. The minimum atomic E-state index is 0.0867. The van der Waals surface area contributed by atoms with Gasteiger partial charge in [0.05, 0.1) is 17.7 Å². The molecule has 1 atom stereocenters. The number of ether oxygens (including phenoxy) is 1. The Morgan fingerprint density at radius 2 is 2.25 bits per heavy atom. The molecule has 0 saturated carbocycles. The molecule has 0 fully saturated rings. The van der Waals surface area contributed by atoms with Gasteiger partial charge in [-0.3, -0.25) is 0 Å². The van der Waals surface area contributed by atoms with Gasteiger partial charge in [-0.05, 0) is 35.0 Å². The number of nitrogen functional groups attached to an aromatic ring is 1. The Morgan fingerprint density at radius 1 is 1.45 bits per heavy atom. The molecule has 1 aromatic carbocycles. The van der Waals surface area contributed by atoms with Crippen molar-refractivity contribution in [1.82, 2.24) is 20.2 Å². The minimum absolute atomic E-state index is 0.0867. The van der Waals surface area contributed by atoms with Gasteiger partial charge in [0, 0.05) is 18.4 Å². The zero-order chi connectivity index (χ0) is 14.5. The average Bonchev–Trinajstić information content (AvgIpc) is 2.87. The van der Waals surface area contributed by atoms with Crippen LogP contribution in [0.2, 0.25) is 5.02 Å². The molecule has 1 aromatic heterocycles. The van der Waals surface area contributed by atoms with Gasteiger partial charge < -0.3 is 10.5 Å². The molecule has 0 aliphatic rings. The van der Waals surface area contributed by atoms with Gasteiger partial charge in [0.2, 0.25) is 0 Å². The molecule has 7 heteroatoms. The maximum atomic E-state index is 6.23. The molecule has 0 bridgehead atoms. The normalized spacial score (nSPS) is 12.6. The van der Waals surface area contributed by atoms with Crippen molar-refractivity contribution in [3.05, 3.63) is 23.2 Å². The first-order valence-corrected chi connectivity index (χ1v) is 6.87. The van der Waals surface area contributed by atoms with Crippen LogP contribution in [0.3, 0.4) is 0 Å². The maximum absolute atomic E-state index is 6.23. The Kier molecular flexibility index (Phi) is 4.92. The quantitative estimate of drug-likeness (QED) is 0.829. The zero-order valence-electron chi connectivity index (χ0n) is 11.6. The number of benzene rings is 1. The molecule has 2 rings (SSSR count). The number of aromatic nitrogens is 4. The molecular weight excluding hydrogens is 278 g/mol. The number of hydrogen-bond acceptors (Lipinski definition) is 5. The summed E-state index contributed by atoms with van der Waals surface area (Å²) in [5.74, 6) is 0.630. The van der Waals surface area contributed by atoms with Crippen molar-refractivity contribution in [3.63, 3.8) is 0 Å². The molecule has 0 aliphatic carbocycles. The molecule has 2 N–H and O–H groups in total. The third-order valence-electron chi connectivity index (χ3n) is 3.05. The second-order valence-electron chi connectivity index (χ2n) is 4.58. The Labute approximate surface area is 122 Å². The van der Waals surface area contributed by atoms with E-state index in [-0.39, 0.29) is 6.04 Å². The fourth-order valence-electron chi connectivity index (χ4n) is 2.13. The van der Waals surface area contributed by atoms with Crippen LogP contribution in [-0.2, 0) is 4.74 Å². The summed E-state index contributed by atoms with van der Waals surface area (Å²) in [5.41, 5.74) is 7.09. The molecule has 1 unspecified atom stereocenters. The van der Waals surface area contributed by atoms with Crippen molar-refractivity contribution in [2.45, 2.75) is 25.8 Å². The lowest BCUT2D eigenvalue weighted by Crippen LogP contribution is -2.17. The fraction of sp³-hybridized carbons (Fsp3) is 0.462. The Hall–Kier alpha value is -1.66. The van der Waals surface area contributed by atoms with Crippen molar-refractivity contribution in [2.75, 3.05) is 19.5 Å².